The average Bonchev–Trinajstić information content (AvgIpc) is 3.12. The molecule has 0 spiro atoms. The highest BCUT2D eigenvalue weighted by molar-refractivity contribution is 7.12. The van der Waals surface area contributed by atoms with Gasteiger partial charge in [0.05, 0.1) is 23.4 Å². The molecule has 0 bridgehead atoms. The van der Waals surface area contributed by atoms with Crippen molar-refractivity contribution < 1.29 is 4.57 Å². The lowest BCUT2D eigenvalue weighted by molar-refractivity contribution is -0.660. The minimum atomic E-state index is 0.893. The molecule has 4 aromatic rings. The molecule has 124 valence electrons. The van der Waals surface area contributed by atoms with Crippen LogP contribution >= 0.6 is 11.3 Å². The first-order valence-corrected chi connectivity index (χ1v) is 9.03. The lowest BCUT2D eigenvalue weighted by Crippen LogP contribution is -2.28. The van der Waals surface area contributed by atoms with Crippen LogP contribution in [-0.2, 0) is 14.1 Å². The SMILES string of the molecule is Cc1csc(/N=N/c2c(-c3ccccc3)n(C)c3ccccc23)[n+]1C. The van der Waals surface area contributed by atoms with Crippen molar-refractivity contribution in [2.24, 2.45) is 24.3 Å². The predicted molar refractivity (Wildman–Crippen MR) is 103 cm³/mol. The Morgan fingerprint density at radius 1 is 0.960 bits per heavy atom. The lowest BCUT2D eigenvalue weighted by Gasteiger charge is -2.04. The summed E-state index contributed by atoms with van der Waals surface area (Å²) in [5, 5.41) is 13.3. The molecule has 5 heteroatoms. The average molecular weight is 347 g/mol. The Morgan fingerprint density at radius 2 is 1.68 bits per heavy atom. The monoisotopic (exact) mass is 347 g/mol. The highest BCUT2D eigenvalue weighted by atomic mass is 32.1. The number of para-hydroxylation sites is 1. The molecule has 0 aliphatic carbocycles. The number of benzene rings is 2. The maximum absolute atomic E-state index is 4.67. The van der Waals surface area contributed by atoms with Crippen LogP contribution in [0.25, 0.3) is 22.2 Å². The number of fused-ring (bicyclic) bond motifs is 1. The molecule has 0 aliphatic heterocycles. The largest absolute Gasteiger partial charge is 0.408 e. The predicted octanol–water partition coefficient (Wildman–Crippen LogP) is 5.46. The van der Waals surface area contributed by atoms with Crippen LogP contribution in [0.4, 0.5) is 10.8 Å². The second-order valence-electron chi connectivity index (χ2n) is 6.06. The highest BCUT2D eigenvalue weighted by Crippen LogP contribution is 2.40. The van der Waals surface area contributed by atoms with E-state index in [-0.39, 0.29) is 0 Å². The fourth-order valence-corrected chi connectivity index (χ4v) is 3.86. The van der Waals surface area contributed by atoms with Crippen LogP contribution in [0.3, 0.4) is 0 Å². The van der Waals surface area contributed by atoms with Crippen molar-refractivity contribution in [3.8, 4) is 11.3 Å². The van der Waals surface area contributed by atoms with E-state index in [9.17, 15) is 0 Å². The van der Waals surface area contributed by atoms with Crippen molar-refractivity contribution in [1.29, 1.82) is 0 Å². The van der Waals surface area contributed by atoms with Gasteiger partial charge in [-0.05, 0) is 29.4 Å². The van der Waals surface area contributed by atoms with Crippen LogP contribution in [0.5, 0.6) is 0 Å². The van der Waals surface area contributed by atoms with Crippen molar-refractivity contribution >= 4 is 33.1 Å². The maximum Gasteiger partial charge on any atom is 0.408 e. The molecule has 4 nitrogen and oxygen atoms in total. The summed E-state index contributed by atoms with van der Waals surface area (Å²) in [7, 11) is 4.10. The van der Waals surface area contributed by atoms with Gasteiger partial charge in [0.1, 0.15) is 11.4 Å². The van der Waals surface area contributed by atoms with Crippen molar-refractivity contribution in [2.45, 2.75) is 6.92 Å². The summed E-state index contributed by atoms with van der Waals surface area (Å²) in [4.78, 5) is 0. The zero-order chi connectivity index (χ0) is 17.4. The van der Waals surface area contributed by atoms with Gasteiger partial charge in [-0.1, -0.05) is 48.5 Å². The zero-order valence-electron chi connectivity index (χ0n) is 14.5. The van der Waals surface area contributed by atoms with Gasteiger partial charge >= 0.3 is 5.13 Å². The Morgan fingerprint density at radius 3 is 2.40 bits per heavy atom. The molecular formula is C20H19N4S+. The van der Waals surface area contributed by atoms with Gasteiger partial charge in [-0.25, -0.2) is 4.57 Å². The third-order valence-corrected chi connectivity index (χ3v) is 5.54. The number of thiazole rings is 1. The van der Waals surface area contributed by atoms with Crippen LogP contribution in [-0.4, -0.2) is 4.57 Å². The van der Waals surface area contributed by atoms with Crippen molar-refractivity contribution in [1.82, 2.24) is 4.57 Å². The Kier molecular flexibility index (Phi) is 3.93. The second-order valence-corrected chi connectivity index (χ2v) is 6.89. The molecule has 0 saturated carbocycles. The summed E-state index contributed by atoms with van der Waals surface area (Å²) < 4.78 is 4.25. The first-order chi connectivity index (χ1) is 12.2. The van der Waals surface area contributed by atoms with Gasteiger partial charge in [0.2, 0.25) is 0 Å². The summed E-state index contributed by atoms with van der Waals surface area (Å²) in [5.41, 5.74) is 5.47. The first kappa shape index (κ1) is 15.7. The summed E-state index contributed by atoms with van der Waals surface area (Å²) in [5.74, 6) is 0. The van der Waals surface area contributed by atoms with Gasteiger partial charge in [0, 0.05) is 23.4 Å². The third-order valence-electron chi connectivity index (χ3n) is 4.51. The molecule has 2 heterocycles. The highest BCUT2D eigenvalue weighted by Gasteiger charge is 2.19. The summed E-state index contributed by atoms with van der Waals surface area (Å²) in [6.07, 6.45) is 0. The number of hydrogen-bond acceptors (Lipinski definition) is 3. The number of rotatable bonds is 3. The van der Waals surface area contributed by atoms with Gasteiger partial charge in [0.25, 0.3) is 0 Å². The van der Waals surface area contributed by atoms with Crippen LogP contribution in [0.2, 0.25) is 0 Å². The number of azo groups is 1. The number of nitrogens with zero attached hydrogens (tertiary/aromatic N) is 4. The Balaban J connectivity index is 1.94. The Labute approximate surface area is 150 Å². The number of aromatic nitrogens is 2. The minimum Gasteiger partial charge on any atom is -0.342 e. The van der Waals surface area contributed by atoms with E-state index >= 15 is 0 Å². The van der Waals surface area contributed by atoms with Crippen molar-refractivity contribution in [3.05, 3.63) is 65.7 Å². The van der Waals surface area contributed by atoms with E-state index in [2.05, 4.69) is 81.2 Å². The molecular weight excluding hydrogens is 328 g/mol. The van der Waals surface area contributed by atoms with Crippen LogP contribution in [0.1, 0.15) is 5.69 Å². The van der Waals surface area contributed by atoms with E-state index in [0.717, 1.165) is 33.0 Å². The molecule has 25 heavy (non-hydrogen) atoms. The standard InChI is InChI=1S/C20H19N4S/c1-14-13-25-20(23(14)2)22-21-18-16-11-7-8-12-17(16)24(3)19(18)15-9-5-4-6-10-15/h4-13H,1-3H3/q+1. The van der Waals surface area contributed by atoms with Gasteiger partial charge in [-0.2, -0.15) is 0 Å². The summed E-state index contributed by atoms with van der Waals surface area (Å²) in [6.45, 7) is 2.07. The molecule has 2 aromatic heterocycles. The van der Waals surface area contributed by atoms with Crippen LogP contribution in [0, 0.1) is 6.92 Å². The maximum atomic E-state index is 4.67. The smallest absolute Gasteiger partial charge is 0.342 e. The van der Waals surface area contributed by atoms with Crippen LogP contribution in [0.15, 0.2) is 70.2 Å². The molecule has 0 saturated heterocycles. The van der Waals surface area contributed by atoms with E-state index in [0.29, 0.717) is 0 Å². The van der Waals surface area contributed by atoms with E-state index in [1.165, 1.54) is 5.69 Å². The molecule has 0 N–H and O–H groups in total. The normalized spacial score (nSPS) is 11.6. The molecule has 0 unspecified atom stereocenters. The van der Waals surface area contributed by atoms with E-state index < -0.39 is 0 Å². The number of aryl methyl sites for hydroxylation is 2. The second kappa shape index (κ2) is 6.26. The molecule has 0 radical (unpaired) electrons. The van der Waals surface area contributed by atoms with Gasteiger partial charge < -0.3 is 4.57 Å². The molecule has 0 fully saturated rings. The van der Waals surface area contributed by atoms with Gasteiger partial charge in [-0.3, -0.25) is 0 Å². The molecule has 2 aromatic carbocycles. The molecule has 0 aliphatic rings. The Hall–Kier alpha value is -2.79. The zero-order valence-corrected chi connectivity index (χ0v) is 15.3. The fourth-order valence-electron chi connectivity index (χ4n) is 3.03. The summed E-state index contributed by atoms with van der Waals surface area (Å²) >= 11 is 1.61. The van der Waals surface area contributed by atoms with E-state index in [1.54, 1.807) is 11.3 Å². The van der Waals surface area contributed by atoms with E-state index in [4.69, 9.17) is 0 Å². The summed E-state index contributed by atoms with van der Waals surface area (Å²) in [6, 6.07) is 18.7. The topological polar surface area (TPSA) is 33.5 Å². The minimum absolute atomic E-state index is 0.893. The lowest BCUT2D eigenvalue weighted by atomic mass is 10.1. The Bertz CT molecular complexity index is 1070. The molecule has 0 amide bonds. The third kappa shape index (κ3) is 2.66. The van der Waals surface area contributed by atoms with E-state index in [1.807, 2.05) is 19.2 Å². The molecule has 0 atom stereocenters. The van der Waals surface area contributed by atoms with Gasteiger partial charge in [-0.15, -0.1) is 0 Å². The molecule has 4 rings (SSSR count). The van der Waals surface area contributed by atoms with Crippen molar-refractivity contribution in [2.75, 3.05) is 0 Å². The first-order valence-electron chi connectivity index (χ1n) is 8.15. The van der Waals surface area contributed by atoms with Gasteiger partial charge in [0.15, 0.2) is 0 Å². The fraction of sp³-hybridized carbons (Fsp3) is 0.150. The quantitative estimate of drug-likeness (QED) is 0.348. The van der Waals surface area contributed by atoms with Crippen LogP contribution < -0.4 is 4.57 Å². The van der Waals surface area contributed by atoms with Crippen molar-refractivity contribution in [3.63, 3.8) is 0 Å². The number of hydrogen-bond donors (Lipinski definition) is 0.